The highest BCUT2D eigenvalue weighted by Crippen LogP contribution is 2.14. The number of sulfone groups is 1. The largest absolute Gasteiger partial charge is 0.384 e. The molecule has 0 fully saturated rings. The van der Waals surface area contributed by atoms with Gasteiger partial charge in [0.05, 0.1) is 10.6 Å². The molecule has 1 N–H and O–H groups in total. The van der Waals surface area contributed by atoms with Crippen LogP contribution in [0.5, 0.6) is 0 Å². The van der Waals surface area contributed by atoms with Gasteiger partial charge >= 0.3 is 0 Å². The average molecular weight is 296 g/mol. The zero-order chi connectivity index (χ0) is 13.7. The smallest absolute Gasteiger partial charge is 0.180 e. The molecular formula is C14H14ClNO2S. The SMILES string of the molecule is O=S(=O)(CCNc1ccc(Cl)cc1)c1ccccc1. The molecule has 0 atom stereocenters. The minimum absolute atomic E-state index is 0.0552. The summed E-state index contributed by atoms with van der Waals surface area (Å²) >= 11 is 5.77. The second-order valence-electron chi connectivity index (χ2n) is 4.07. The van der Waals surface area contributed by atoms with E-state index in [-0.39, 0.29) is 5.75 Å². The Bertz CT molecular complexity index is 624. The van der Waals surface area contributed by atoms with E-state index in [1.807, 2.05) is 12.1 Å². The number of nitrogens with one attached hydrogen (secondary N) is 1. The van der Waals surface area contributed by atoms with Crippen molar-refractivity contribution in [3.63, 3.8) is 0 Å². The van der Waals surface area contributed by atoms with Gasteiger partial charge in [-0.3, -0.25) is 0 Å². The molecular weight excluding hydrogens is 282 g/mol. The molecule has 0 amide bonds. The van der Waals surface area contributed by atoms with Gasteiger partial charge in [0.25, 0.3) is 0 Å². The first kappa shape index (κ1) is 13.9. The van der Waals surface area contributed by atoms with Crippen LogP contribution in [0.1, 0.15) is 0 Å². The van der Waals surface area contributed by atoms with Crippen LogP contribution in [0.15, 0.2) is 59.5 Å². The van der Waals surface area contributed by atoms with Crippen molar-refractivity contribution in [2.45, 2.75) is 4.90 Å². The van der Waals surface area contributed by atoms with Crippen LogP contribution in [-0.2, 0) is 9.84 Å². The Hall–Kier alpha value is -1.52. The fourth-order valence-electron chi connectivity index (χ4n) is 1.64. The summed E-state index contributed by atoms with van der Waals surface area (Å²) < 4.78 is 24.0. The number of rotatable bonds is 5. The lowest BCUT2D eigenvalue weighted by Crippen LogP contribution is -2.15. The normalized spacial score (nSPS) is 11.2. The predicted octanol–water partition coefficient (Wildman–Crippen LogP) is 3.23. The third-order valence-corrected chi connectivity index (χ3v) is 4.63. The molecule has 0 spiro atoms. The summed E-state index contributed by atoms with van der Waals surface area (Å²) in [5, 5.41) is 3.71. The van der Waals surface area contributed by atoms with E-state index < -0.39 is 9.84 Å². The Morgan fingerprint density at radius 1 is 0.947 bits per heavy atom. The molecule has 2 rings (SSSR count). The summed E-state index contributed by atoms with van der Waals surface area (Å²) in [6.07, 6.45) is 0. The molecule has 0 saturated heterocycles. The first-order valence-corrected chi connectivity index (χ1v) is 7.88. The predicted molar refractivity (Wildman–Crippen MR) is 78.4 cm³/mol. The van der Waals surface area contributed by atoms with Gasteiger partial charge in [0, 0.05) is 17.3 Å². The third kappa shape index (κ3) is 3.98. The number of halogens is 1. The number of benzene rings is 2. The molecule has 0 aromatic heterocycles. The molecule has 19 heavy (non-hydrogen) atoms. The number of hydrogen-bond donors (Lipinski definition) is 1. The zero-order valence-electron chi connectivity index (χ0n) is 10.2. The summed E-state index contributed by atoms with van der Waals surface area (Å²) in [7, 11) is -3.23. The molecule has 3 nitrogen and oxygen atoms in total. The van der Waals surface area contributed by atoms with E-state index in [4.69, 9.17) is 11.6 Å². The molecule has 5 heteroatoms. The van der Waals surface area contributed by atoms with E-state index in [1.165, 1.54) is 0 Å². The highest BCUT2D eigenvalue weighted by Gasteiger charge is 2.12. The van der Waals surface area contributed by atoms with Gasteiger partial charge in [0.1, 0.15) is 0 Å². The van der Waals surface area contributed by atoms with Crippen LogP contribution in [-0.4, -0.2) is 20.7 Å². The lowest BCUT2D eigenvalue weighted by atomic mass is 10.3. The van der Waals surface area contributed by atoms with Gasteiger partial charge in [-0.15, -0.1) is 0 Å². The van der Waals surface area contributed by atoms with Gasteiger partial charge in [0.15, 0.2) is 9.84 Å². The van der Waals surface area contributed by atoms with Crippen LogP contribution in [0.2, 0.25) is 5.02 Å². The molecule has 0 aliphatic carbocycles. The van der Waals surface area contributed by atoms with Crippen LogP contribution in [0.3, 0.4) is 0 Å². The molecule has 0 heterocycles. The van der Waals surface area contributed by atoms with Crippen LogP contribution in [0, 0.1) is 0 Å². The molecule has 100 valence electrons. The van der Waals surface area contributed by atoms with Gasteiger partial charge in [-0.05, 0) is 36.4 Å². The van der Waals surface area contributed by atoms with E-state index in [0.29, 0.717) is 16.5 Å². The minimum atomic E-state index is -3.23. The Labute approximate surface area is 118 Å². The standard InChI is InChI=1S/C14H14ClNO2S/c15-12-6-8-13(9-7-12)16-10-11-19(17,18)14-4-2-1-3-5-14/h1-9,16H,10-11H2. The first-order valence-electron chi connectivity index (χ1n) is 5.85. The quantitative estimate of drug-likeness (QED) is 0.921. The van der Waals surface area contributed by atoms with Crippen LogP contribution in [0.4, 0.5) is 5.69 Å². The van der Waals surface area contributed by atoms with Crippen molar-refractivity contribution in [3.8, 4) is 0 Å². The summed E-state index contributed by atoms with van der Waals surface area (Å²) in [4.78, 5) is 0.355. The van der Waals surface area contributed by atoms with Gasteiger partial charge in [-0.2, -0.15) is 0 Å². The molecule has 0 bridgehead atoms. The second kappa shape index (κ2) is 6.08. The van der Waals surface area contributed by atoms with Crippen LogP contribution < -0.4 is 5.32 Å². The van der Waals surface area contributed by atoms with E-state index in [9.17, 15) is 8.42 Å². The van der Waals surface area contributed by atoms with Gasteiger partial charge < -0.3 is 5.32 Å². The van der Waals surface area contributed by atoms with Crippen molar-refractivity contribution in [2.75, 3.05) is 17.6 Å². The number of hydrogen-bond acceptors (Lipinski definition) is 3. The molecule has 0 saturated carbocycles. The lowest BCUT2D eigenvalue weighted by Gasteiger charge is -2.07. The van der Waals surface area contributed by atoms with Crippen molar-refractivity contribution in [2.24, 2.45) is 0 Å². The summed E-state index contributed by atoms with van der Waals surface area (Å²) in [6.45, 7) is 0.360. The summed E-state index contributed by atoms with van der Waals surface area (Å²) in [5.41, 5.74) is 0.854. The molecule has 2 aromatic rings. The highest BCUT2D eigenvalue weighted by molar-refractivity contribution is 7.91. The van der Waals surface area contributed by atoms with Crippen LogP contribution >= 0.6 is 11.6 Å². The molecule has 2 aromatic carbocycles. The van der Waals surface area contributed by atoms with Crippen molar-refractivity contribution < 1.29 is 8.42 Å². The Kier molecular flexibility index (Phi) is 4.45. The highest BCUT2D eigenvalue weighted by atomic mass is 35.5. The van der Waals surface area contributed by atoms with E-state index in [0.717, 1.165) is 5.69 Å². The van der Waals surface area contributed by atoms with Gasteiger partial charge in [0.2, 0.25) is 0 Å². The van der Waals surface area contributed by atoms with Gasteiger partial charge in [-0.1, -0.05) is 29.8 Å². The minimum Gasteiger partial charge on any atom is -0.384 e. The van der Waals surface area contributed by atoms with Crippen molar-refractivity contribution in [3.05, 3.63) is 59.6 Å². The number of anilines is 1. The maximum Gasteiger partial charge on any atom is 0.180 e. The van der Waals surface area contributed by atoms with E-state index >= 15 is 0 Å². The molecule has 0 radical (unpaired) electrons. The monoisotopic (exact) mass is 295 g/mol. The average Bonchev–Trinajstić information content (AvgIpc) is 2.42. The van der Waals surface area contributed by atoms with Crippen molar-refractivity contribution >= 4 is 27.1 Å². The maximum atomic E-state index is 12.0. The van der Waals surface area contributed by atoms with Gasteiger partial charge in [-0.25, -0.2) is 8.42 Å². The van der Waals surface area contributed by atoms with E-state index in [1.54, 1.807) is 42.5 Å². The molecule has 0 aliphatic rings. The Morgan fingerprint density at radius 2 is 1.58 bits per heavy atom. The van der Waals surface area contributed by atoms with E-state index in [2.05, 4.69) is 5.32 Å². The van der Waals surface area contributed by atoms with Crippen molar-refractivity contribution in [1.29, 1.82) is 0 Å². The Morgan fingerprint density at radius 3 is 2.21 bits per heavy atom. The fraction of sp³-hybridized carbons (Fsp3) is 0.143. The zero-order valence-corrected chi connectivity index (χ0v) is 11.8. The van der Waals surface area contributed by atoms with Crippen LogP contribution in [0.25, 0.3) is 0 Å². The topological polar surface area (TPSA) is 46.2 Å². The summed E-state index contributed by atoms with van der Waals surface area (Å²) in [6, 6.07) is 15.6. The third-order valence-electron chi connectivity index (χ3n) is 2.65. The first-order chi connectivity index (χ1) is 9.08. The summed E-state index contributed by atoms with van der Waals surface area (Å²) in [5.74, 6) is 0.0552. The Balaban J connectivity index is 1.94. The fourth-order valence-corrected chi connectivity index (χ4v) is 2.95. The molecule has 0 unspecified atom stereocenters. The maximum absolute atomic E-state index is 12.0. The van der Waals surface area contributed by atoms with Crippen molar-refractivity contribution in [1.82, 2.24) is 0 Å². The molecule has 0 aliphatic heterocycles. The lowest BCUT2D eigenvalue weighted by molar-refractivity contribution is 0.596. The second-order valence-corrected chi connectivity index (χ2v) is 6.61.